The molecule has 0 amide bonds. The third-order valence-electron chi connectivity index (χ3n) is 3.55. The zero-order valence-electron chi connectivity index (χ0n) is 10.2. The molecule has 1 aromatic carbocycles. The molecule has 17 heavy (non-hydrogen) atoms. The lowest BCUT2D eigenvalue weighted by molar-refractivity contribution is 0.341. The zero-order chi connectivity index (χ0) is 12.3. The lowest BCUT2D eigenvalue weighted by Gasteiger charge is -2.29. The molecule has 0 radical (unpaired) electrons. The minimum absolute atomic E-state index is 0.00201. The first kappa shape index (κ1) is 12.8. The van der Waals surface area contributed by atoms with E-state index in [-0.39, 0.29) is 11.4 Å². The minimum Gasteiger partial charge on any atom is -0.311 e. The van der Waals surface area contributed by atoms with Crippen LogP contribution in [0.25, 0.3) is 0 Å². The number of hydrogen-bond donors (Lipinski definition) is 1. The smallest absolute Gasteiger partial charge is 0.126 e. The van der Waals surface area contributed by atoms with E-state index in [1.807, 2.05) is 0 Å². The maximum atomic E-state index is 13.7. The fourth-order valence-corrected chi connectivity index (χ4v) is 2.74. The van der Waals surface area contributed by atoms with Gasteiger partial charge in [0.05, 0.1) is 0 Å². The van der Waals surface area contributed by atoms with E-state index < -0.39 is 0 Å². The van der Waals surface area contributed by atoms with Gasteiger partial charge in [-0.25, -0.2) is 4.39 Å². The molecule has 1 aliphatic rings. The zero-order valence-corrected chi connectivity index (χ0v) is 11.0. The summed E-state index contributed by atoms with van der Waals surface area (Å²) in [7, 11) is 0. The molecular weight excluding hydrogens is 237 g/mol. The van der Waals surface area contributed by atoms with Gasteiger partial charge in [0.15, 0.2) is 0 Å². The van der Waals surface area contributed by atoms with E-state index in [0.717, 1.165) is 18.5 Å². The fraction of sp³-hybridized carbons (Fsp3) is 0.571. The van der Waals surface area contributed by atoms with E-state index >= 15 is 0 Å². The molecule has 1 aromatic rings. The van der Waals surface area contributed by atoms with Crippen LogP contribution in [0.1, 0.15) is 38.2 Å². The van der Waals surface area contributed by atoms with Crippen molar-refractivity contribution in [3.8, 4) is 0 Å². The normalized spacial score (nSPS) is 25.6. The Labute approximate surface area is 107 Å². The van der Waals surface area contributed by atoms with Gasteiger partial charge in [-0.15, -0.1) is 0 Å². The molecule has 0 aromatic heterocycles. The molecule has 1 saturated heterocycles. The van der Waals surface area contributed by atoms with Crippen molar-refractivity contribution in [3.05, 3.63) is 34.6 Å². The van der Waals surface area contributed by atoms with E-state index in [4.69, 9.17) is 11.6 Å². The highest BCUT2D eigenvalue weighted by atomic mass is 35.5. The third-order valence-corrected chi connectivity index (χ3v) is 3.78. The second-order valence-corrected chi connectivity index (χ2v) is 5.65. The maximum absolute atomic E-state index is 13.7. The van der Waals surface area contributed by atoms with Crippen molar-refractivity contribution >= 4 is 11.6 Å². The van der Waals surface area contributed by atoms with Crippen molar-refractivity contribution < 1.29 is 4.39 Å². The van der Waals surface area contributed by atoms with E-state index in [1.165, 1.54) is 25.3 Å². The van der Waals surface area contributed by atoms with Crippen LogP contribution < -0.4 is 5.32 Å². The molecule has 0 saturated carbocycles. The fourth-order valence-electron chi connectivity index (χ4n) is 2.55. The monoisotopic (exact) mass is 255 g/mol. The van der Waals surface area contributed by atoms with E-state index in [0.29, 0.717) is 11.4 Å². The van der Waals surface area contributed by atoms with Gasteiger partial charge in [0.25, 0.3) is 0 Å². The van der Waals surface area contributed by atoms with Crippen LogP contribution in [0.4, 0.5) is 4.39 Å². The van der Waals surface area contributed by atoms with Gasteiger partial charge in [-0.2, -0.15) is 0 Å². The number of rotatable bonds is 2. The van der Waals surface area contributed by atoms with Crippen molar-refractivity contribution in [2.45, 2.75) is 44.6 Å². The highest BCUT2D eigenvalue weighted by Crippen LogP contribution is 2.25. The van der Waals surface area contributed by atoms with Crippen molar-refractivity contribution in [2.75, 3.05) is 6.54 Å². The first-order valence-corrected chi connectivity index (χ1v) is 6.66. The molecule has 0 bridgehead atoms. The Morgan fingerprint density at radius 3 is 3.00 bits per heavy atom. The van der Waals surface area contributed by atoms with Crippen LogP contribution in [0.2, 0.25) is 5.02 Å². The van der Waals surface area contributed by atoms with Crippen molar-refractivity contribution in [3.63, 3.8) is 0 Å². The van der Waals surface area contributed by atoms with Crippen LogP contribution in [-0.4, -0.2) is 12.1 Å². The Morgan fingerprint density at radius 1 is 1.35 bits per heavy atom. The standard InChI is InChI=1S/C14H19ClFN/c1-14(7-3-2-4-8-17-14)10-11-9-12(15)5-6-13(11)16/h5-6,9,17H,2-4,7-8,10H2,1H3. The second-order valence-electron chi connectivity index (χ2n) is 5.21. The van der Waals surface area contributed by atoms with Gasteiger partial charge in [-0.1, -0.05) is 24.4 Å². The Morgan fingerprint density at radius 2 is 2.18 bits per heavy atom. The molecule has 1 aliphatic heterocycles. The predicted octanol–water partition coefficient (Wildman–Crippen LogP) is 3.94. The topological polar surface area (TPSA) is 12.0 Å². The van der Waals surface area contributed by atoms with Crippen LogP contribution in [-0.2, 0) is 6.42 Å². The SMILES string of the molecule is CC1(Cc2cc(Cl)ccc2F)CCCCCN1. The van der Waals surface area contributed by atoms with E-state index in [1.54, 1.807) is 12.1 Å². The lowest BCUT2D eigenvalue weighted by Crippen LogP contribution is -2.43. The van der Waals surface area contributed by atoms with Gasteiger partial charge < -0.3 is 5.32 Å². The highest BCUT2D eigenvalue weighted by molar-refractivity contribution is 6.30. The summed E-state index contributed by atoms with van der Waals surface area (Å²) in [5.41, 5.74) is 0.719. The molecular formula is C14H19ClFN. The molecule has 1 fully saturated rings. The van der Waals surface area contributed by atoms with Crippen LogP contribution >= 0.6 is 11.6 Å². The van der Waals surface area contributed by atoms with Gasteiger partial charge in [-0.3, -0.25) is 0 Å². The molecule has 2 rings (SSSR count). The van der Waals surface area contributed by atoms with Crippen molar-refractivity contribution in [2.24, 2.45) is 0 Å². The third kappa shape index (κ3) is 3.43. The molecule has 1 atom stereocenters. The Kier molecular flexibility index (Phi) is 4.05. The van der Waals surface area contributed by atoms with Gasteiger partial charge in [0.1, 0.15) is 5.82 Å². The molecule has 3 heteroatoms. The summed E-state index contributed by atoms with van der Waals surface area (Å²) >= 11 is 5.93. The Balaban J connectivity index is 2.15. The molecule has 1 N–H and O–H groups in total. The van der Waals surface area contributed by atoms with Crippen molar-refractivity contribution in [1.29, 1.82) is 0 Å². The summed E-state index contributed by atoms with van der Waals surface area (Å²) in [4.78, 5) is 0. The summed E-state index contributed by atoms with van der Waals surface area (Å²) in [6, 6.07) is 4.80. The summed E-state index contributed by atoms with van der Waals surface area (Å²) in [6.45, 7) is 3.21. The van der Waals surface area contributed by atoms with Gasteiger partial charge >= 0.3 is 0 Å². The molecule has 1 nitrogen and oxygen atoms in total. The first-order chi connectivity index (χ1) is 8.09. The largest absolute Gasteiger partial charge is 0.311 e. The number of hydrogen-bond acceptors (Lipinski definition) is 1. The van der Waals surface area contributed by atoms with Crippen LogP contribution in [0.5, 0.6) is 0 Å². The molecule has 1 heterocycles. The number of nitrogens with one attached hydrogen (secondary N) is 1. The number of halogens is 2. The maximum Gasteiger partial charge on any atom is 0.126 e. The van der Waals surface area contributed by atoms with Crippen LogP contribution in [0.15, 0.2) is 18.2 Å². The summed E-state index contributed by atoms with van der Waals surface area (Å²) in [6.07, 6.45) is 5.50. The quantitative estimate of drug-likeness (QED) is 0.844. The molecule has 0 aliphatic carbocycles. The molecule has 1 unspecified atom stereocenters. The highest BCUT2D eigenvalue weighted by Gasteiger charge is 2.26. The Bertz CT molecular complexity index is 384. The minimum atomic E-state index is -0.151. The summed E-state index contributed by atoms with van der Waals surface area (Å²) in [5.74, 6) is -0.151. The van der Waals surface area contributed by atoms with Crippen LogP contribution in [0, 0.1) is 5.82 Å². The van der Waals surface area contributed by atoms with E-state index in [2.05, 4.69) is 12.2 Å². The predicted molar refractivity (Wildman–Crippen MR) is 70.0 cm³/mol. The van der Waals surface area contributed by atoms with E-state index in [9.17, 15) is 4.39 Å². The second kappa shape index (κ2) is 5.36. The number of benzene rings is 1. The average Bonchev–Trinajstić information content (AvgIpc) is 2.49. The van der Waals surface area contributed by atoms with Crippen molar-refractivity contribution in [1.82, 2.24) is 5.32 Å². The van der Waals surface area contributed by atoms with Gasteiger partial charge in [0.2, 0.25) is 0 Å². The Hall–Kier alpha value is -0.600. The summed E-state index contributed by atoms with van der Waals surface area (Å²) in [5, 5.41) is 4.15. The molecule has 0 spiro atoms. The van der Waals surface area contributed by atoms with Crippen LogP contribution in [0.3, 0.4) is 0 Å². The lowest BCUT2D eigenvalue weighted by atomic mass is 9.88. The van der Waals surface area contributed by atoms with Gasteiger partial charge in [0, 0.05) is 10.6 Å². The average molecular weight is 256 g/mol. The molecule has 94 valence electrons. The first-order valence-electron chi connectivity index (χ1n) is 6.28. The summed E-state index contributed by atoms with van der Waals surface area (Å²) < 4.78 is 13.7. The van der Waals surface area contributed by atoms with Gasteiger partial charge in [-0.05, 0) is 56.5 Å².